The Bertz CT molecular complexity index is 280. The zero-order valence-electron chi connectivity index (χ0n) is 14.3. The highest BCUT2D eigenvalue weighted by atomic mass is 16.2. The lowest BCUT2D eigenvalue weighted by molar-refractivity contribution is -0.134. The topological polar surface area (TPSA) is 46.3 Å². The van der Waals surface area contributed by atoms with Crippen molar-refractivity contribution in [3.8, 4) is 0 Å². The zero-order valence-corrected chi connectivity index (χ0v) is 14.3. The highest BCUT2D eigenvalue weighted by molar-refractivity contribution is 5.76. The van der Waals surface area contributed by atoms with Crippen LogP contribution in [0.2, 0.25) is 0 Å². The van der Waals surface area contributed by atoms with Crippen molar-refractivity contribution in [2.45, 2.75) is 103 Å². The first-order chi connectivity index (χ1) is 10.1. The Balaban J connectivity index is 1.98. The van der Waals surface area contributed by atoms with Gasteiger partial charge in [0.2, 0.25) is 5.91 Å². The van der Waals surface area contributed by atoms with E-state index in [1.807, 2.05) is 4.90 Å². The number of hydrogen-bond acceptors (Lipinski definition) is 2. The normalized spacial score (nSPS) is 22.5. The average molecular weight is 296 g/mol. The Hall–Kier alpha value is -0.570. The van der Waals surface area contributed by atoms with Gasteiger partial charge >= 0.3 is 0 Å². The lowest BCUT2D eigenvalue weighted by Gasteiger charge is -2.36. The molecule has 1 saturated heterocycles. The van der Waals surface area contributed by atoms with Crippen molar-refractivity contribution >= 4 is 5.91 Å². The Kier molecular flexibility index (Phi) is 9.73. The molecule has 1 amide bonds. The number of likely N-dealkylation sites (tertiary alicyclic amines) is 1. The molecule has 21 heavy (non-hydrogen) atoms. The van der Waals surface area contributed by atoms with Crippen molar-refractivity contribution in [2.24, 2.45) is 5.73 Å². The van der Waals surface area contributed by atoms with Crippen LogP contribution >= 0.6 is 0 Å². The molecule has 0 aromatic carbocycles. The maximum Gasteiger partial charge on any atom is 0.222 e. The molecule has 0 saturated carbocycles. The lowest BCUT2D eigenvalue weighted by Crippen LogP contribution is -2.48. The maximum atomic E-state index is 12.2. The summed E-state index contributed by atoms with van der Waals surface area (Å²) in [5.41, 5.74) is 5.95. The van der Waals surface area contributed by atoms with E-state index >= 15 is 0 Å². The third-order valence-corrected chi connectivity index (χ3v) is 4.73. The van der Waals surface area contributed by atoms with Gasteiger partial charge in [0, 0.05) is 25.0 Å². The Morgan fingerprint density at radius 1 is 1.05 bits per heavy atom. The second-order valence-corrected chi connectivity index (χ2v) is 6.80. The molecule has 2 atom stereocenters. The molecule has 0 spiro atoms. The van der Waals surface area contributed by atoms with Crippen molar-refractivity contribution < 1.29 is 4.79 Å². The summed E-state index contributed by atoms with van der Waals surface area (Å²) in [5.74, 6) is 0.345. The van der Waals surface area contributed by atoms with E-state index in [4.69, 9.17) is 5.73 Å². The van der Waals surface area contributed by atoms with Gasteiger partial charge in [-0.1, -0.05) is 58.3 Å². The second kappa shape index (κ2) is 11.1. The first kappa shape index (κ1) is 18.5. The zero-order chi connectivity index (χ0) is 15.5. The van der Waals surface area contributed by atoms with E-state index in [0.29, 0.717) is 11.9 Å². The molecule has 1 aliphatic heterocycles. The van der Waals surface area contributed by atoms with Crippen LogP contribution in [-0.2, 0) is 4.79 Å². The van der Waals surface area contributed by atoms with Crippen molar-refractivity contribution in [1.29, 1.82) is 0 Å². The molecular formula is C18H36N2O. The van der Waals surface area contributed by atoms with Gasteiger partial charge in [-0.25, -0.2) is 0 Å². The highest BCUT2D eigenvalue weighted by Gasteiger charge is 2.26. The third-order valence-electron chi connectivity index (χ3n) is 4.73. The summed E-state index contributed by atoms with van der Waals surface area (Å²) in [4.78, 5) is 14.3. The largest absolute Gasteiger partial charge is 0.340 e. The molecule has 2 N–H and O–H groups in total. The minimum absolute atomic E-state index is 0.289. The summed E-state index contributed by atoms with van der Waals surface area (Å²) in [6.45, 7) is 5.25. The average Bonchev–Trinajstić information content (AvgIpc) is 2.45. The highest BCUT2D eigenvalue weighted by Crippen LogP contribution is 2.18. The number of nitrogens with two attached hydrogens (primary N) is 1. The molecule has 0 aromatic heterocycles. The van der Waals surface area contributed by atoms with E-state index in [9.17, 15) is 4.79 Å². The van der Waals surface area contributed by atoms with Gasteiger partial charge in [0.1, 0.15) is 0 Å². The van der Waals surface area contributed by atoms with Crippen molar-refractivity contribution in [3.63, 3.8) is 0 Å². The van der Waals surface area contributed by atoms with Gasteiger partial charge in [-0.15, -0.1) is 0 Å². The lowest BCUT2D eigenvalue weighted by atomic mass is 9.98. The van der Waals surface area contributed by atoms with E-state index in [-0.39, 0.29) is 6.04 Å². The van der Waals surface area contributed by atoms with Gasteiger partial charge in [0.15, 0.2) is 0 Å². The molecule has 3 heteroatoms. The van der Waals surface area contributed by atoms with Crippen LogP contribution in [0.15, 0.2) is 0 Å². The summed E-state index contributed by atoms with van der Waals surface area (Å²) in [6, 6.07) is 0.622. The number of rotatable bonds is 10. The standard InChI is InChI=1S/C18H36N2O/c1-3-4-5-6-7-8-9-10-11-12-18(21)20-14-13-17(19)15-16(20)2/h16-17H,3-15,19H2,1-2H3. The SMILES string of the molecule is CCCCCCCCCCCC(=O)N1CCC(N)CC1C. The van der Waals surface area contributed by atoms with Crippen LogP contribution in [0.1, 0.15) is 90.9 Å². The van der Waals surface area contributed by atoms with Gasteiger partial charge in [-0.3, -0.25) is 4.79 Å². The van der Waals surface area contributed by atoms with Gasteiger partial charge in [-0.05, 0) is 26.2 Å². The molecule has 1 aliphatic rings. The first-order valence-corrected chi connectivity index (χ1v) is 9.20. The Labute approximate surface area is 131 Å². The molecule has 0 bridgehead atoms. The summed E-state index contributed by atoms with van der Waals surface area (Å²) in [6.07, 6.45) is 14.4. The van der Waals surface area contributed by atoms with Gasteiger partial charge in [-0.2, -0.15) is 0 Å². The predicted octanol–water partition coefficient (Wildman–Crippen LogP) is 4.25. The van der Waals surface area contributed by atoms with Crippen molar-refractivity contribution in [3.05, 3.63) is 0 Å². The van der Waals surface area contributed by atoms with Crippen LogP contribution in [0, 0.1) is 0 Å². The molecule has 0 aromatic rings. The fraction of sp³-hybridized carbons (Fsp3) is 0.944. The number of carbonyl (C=O) groups excluding carboxylic acids is 1. The number of amides is 1. The molecule has 124 valence electrons. The molecule has 3 nitrogen and oxygen atoms in total. The summed E-state index contributed by atoms with van der Waals surface area (Å²) < 4.78 is 0. The predicted molar refractivity (Wildman–Crippen MR) is 90.2 cm³/mol. The van der Waals surface area contributed by atoms with Gasteiger partial charge in [0.25, 0.3) is 0 Å². The van der Waals surface area contributed by atoms with Crippen molar-refractivity contribution in [2.75, 3.05) is 6.54 Å². The van der Waals surface area contributed by atoms with E-state index in [1.165, 1.54) is 51.4 Å². The van der Waals surface area contributed by atoms with E-state index in [0.717, 1.165) is 32.2 Å². The maximum absolute atomic E-state index is 12.2. The Morgan fingerprint density at radius 3 is 2.19 bits per heavy atom. The van der Waals surface area contributed by atoms with Crippen LogP contribution in [0.4, 0.5) is 0 Å². The van der Waals surface area contributed by atoms with Crippen molar-refractivity contribution in [1.82, 2.24) is 4.90 Å². The minimum Gasteiger partial charge on any atom is -0.340 e. The molecule has 1 heterocycles. The molecule has 0 aliphatic carbocycles. The van der Waals surface area contributed by atoms with Gasteiger partial charge < -0.3 is 10.6 Å². The molecule has 1 fully saturated rings. The quantitative estimate of drug-likeness (QED) is 0.613. The van der Waals surface area contributed by atoms with Gasteiger partial charge in [0.05, 0.1) is 0 Å². The summed E-state index contributed by atoms with van der Waals surface area (Å²) in [7, 11) is 0. The second-order valence-electron chi connectivity index (χ2n) is 6.80. The van der Waals surface area contributed by atoms with Crippen LogP contribution < -0.4 is 5.73 Å². The number of unbranched alkanes of at least 4 members (excludes halogenated alkanes) is 8. The fourth-order valence-corrected chi connectivity index (χ4v) is 3.31. The first-order valence-electron chi connectivity index (χ1n) is 9.20. The number of piperidine rings is 1. The monoisotopic (exact) mass is 296 g/mol. The Morgan fingerprint density at radius 2 is 1.62 bits per heavy atom. The smallest absolute Gasteiger partial charge is 0.222 e. The number of carbonyl (C=O) groups is 1. The van der Waals surface area contributed by atoms with E-state index in [2.05, 4.69) is 13.8 Å². The van der Waals surface area contributed by atoms with E-state index in [1.54, 1.807) is 0 Å². The minimum atomic E-state index is 0.289. The molecule has 1 rings (SSSR count). The summed E-state index contributed by atoms with van der Waals surface area (Å²) in [5, 5.41) is 0. The molecule has 2 unspecified atom stereocenters. The number of nitrogens with zero attached hydrogens (tertiary/aromatic N) is 1. The van der Waals surface area contributed by atoms with Crippen LogP contribution in [-0.4, -0.2) is 29.4 Å². The van der Waals surface area contributed by atoms with Crippen LogP contribution in [0.3, 0.4) is 0 Å². The fourth-order valence-electron chi connectivity index (χ4n) is 3.31. The summed E-state index contributed by atoms with van der Waals surface area (Å²) >= 11 is 0. The molecular weight excluding hydrogens is 260 g/mol. The van der Waals surface area contributed by atoms with Crippen LogP contribution in [0.25, 0.3) is 0 Å². The number of hydrogen-bond donors (Lipinski definition) is 1. The molecule has 0 radical (unpaired) electrons. The third kappa shape index (κ3) is 7.85. The van der Waals surface area contributed by atoms with Crippen LogP contribution in [0.5, 0.6) is 0 Å². The van der Waals surface area contributed by atoms with E-state index < -0.39 is 0 Å².